The van der Waals surface area contributed by atoms with Crippen LogP contribution < -0.4 is 10.6 Å². The standard InChI is InChI=1S/C13H17ClFN3O.ClH/c14-12-10(2-1-3-11(12)15)13(19)17-6-9-18-7-4-16-5-8-18;/h1-3,16H,4-9H2,(H,17,19);1H. The van der Waals surface area contributed by atoms with Gasteiger partial charge < -0.3 is 10.6 Å². The molecule has 0 bridgehead atoms. The molecule has 0 aromatic heterocycles. The van der Waals surface area contributed by atoms with Gasteiger partial charge in [-0.2, -0.15) is 0 Å². The first kappa shape index (κ1) is 17.2. The van der Waals surface area contributed by atoms with Gasteiger partial charge in [0.05, 0.1) is 10.6 Å². The van der Waals surface area contributed by atoms with Crippen LogP contribution in [0.1, 0.15) is 10.4 Å². The molecule has 112 valence electrons. The minimum absolute atomic E-state index is 0. The number of hydrogen-bond acceptors (Lipinski definition) is 3. The normalized spacial score (nSPS) is 15.5. The van der Waals surface area contributed by atoms with Gasteiger partial charge >= 0.3 is 0 Å². The zero-order chi connectivity index (χ0) is 13.7. The molecular weight excluding hydrogens is 304 g/mol. The van der Waals surface area contributed by atoms with Crippen molar-refractivity contribution in [3.8, 4) is 0 Å². The molecule has 0 unspecified atom stereocenters. The number of benzene rings is 1. The van der Waals surface area contributed by atoms with E-state index in [-0.39, 0.29) is 28.9 Å². The number of nitrogens with zero attached hydrogens (tertiary/aromatic N) is 1. The van der Waals surface area contributed by atoms with E-state index in [1.54, 1.807) is 0 Å². The van der Waals surface area contributed by atoms with Crippen molar-refractivity contribution in [3.05, 3.63) is 34.6 Å². The van der Waals surface area contributed by atoms with E-state index in [0.717, 1.165) is 32.7 Å². The Hall–Kier alpha value is -0.880. The topological polar surface area (TPSA) is 44.4 Å². The summed E-state index contributed by atoms with van der Waals surface area (Å²) in [7, 11) is 0. The number of rotatable bonds is 4. The van der Waals surface area contributed by atoms with E-state index in [1.807, 2.05) is 0 Å². The van der Waals surface area contributed by atoms with Gasteiger partial charge in [0.2, 0.25) is 0 Å². The van der Waals surface area contributed by atoms with Crippen LogP contribution in [0.5, 0.6) is 0 Å². The van der Waals surface area contributed by atoms with Crippen LogP contribution in [0, 0.1) is 5.82 Å². The number of carbonyl (C=O) groups excluding carboxylic acids is 1. The molecule has 0 aliphatic carbocycles. The maximum absolute atomic E-state index is 13.2. The predicted molar refractivity (Wildman–Crippen MR) is 80.3 cm³/mol. The highest BCUT2D eigenvalue weighted by atomic mass is 35.5. The highest BCUT2D eigenvalue weighted by Gasteiger charge is 2.14. The Morgan fingerprint density at radius 3 is 2.80 bits per heavy atom. The quantitative estimate of drug-likeness (QED) is 0.884. The molecule has 2 N–H and O–H groups in total. The number of carbonyl (C=O) groups is 1. The lowest BCUT2D eigenvalue weighted by Gasteiger charge is -2.27. The first-order valence-corrected chi connectivity index (χ1v) is 6.71. The molecular formula is C13H18Cl2FN3O. The molecule has 0 radical (unpaired) electrons. The van der Waals surface area contributed by atoms with Crippen molar-refractivity contribution >= 4 is 29.9 Å². The van der Waals surface area contributed by atoms with E-state index < -0.39 is 5.82 Å². The fourth-order valence-electron chi connectivity index (χ4n) is 2.04. The highest BCUT2D eigenvalue weighted by molar-refractivity contribution is 6.34. The largest absolute Gasteiger partial charge is 0.351 e. The van der Waals surface area contributed by atoms with Gasteiger partial charge in [-0.05, 0) is 12.1 Å². The molecule has 1 aliphatic rings. The number of amides is 1. The van der Waals surface area contributed by atoms with Crippen molar-refractivity contribution in [2.24, 2.45) is 0 Å². The highest BCUT2D eigenvalue weighted by Crippen LogP contribution is 2.19. The van der Waals surface area contributed by atoms with Crippen molar-refractivity contribution in [2.45, 2.75) is 0 Å². The second-order valence-electron chi connectivity index (χ2n) is 4.45. The Bertz CT molecular complexity index is 453. The summed E-state index contributed by atoms with van der Waals surface area (Å²) in [5, 5.41) is 5.90. The smallest absolute Gasteiger partial charge is 0.252 e. The molecule has 7 heteroatoms. The first-order chi connectivity index (χ1) is 9.18. The molecule has 1 aliphatic heterocycles. The molecule has 1 amide bonds. The summed E-state index contributed by atoms with van der Waals surface area (Å²) >= 11 is 5.76. The predicted octanol–water partition coefficient (Wildman–Crippen LogP) is 1.54. The second-order valence-corrected chi connectivity index (χ2v) is 4.83. The summed E-state index contributed by atoms with van der Waals surface area (Å²) in [5.74, 6) is -0.906. The van der Waals surface area contributed by atoms with Gasteiger partial charge in [-0.3, -0.25) is 9.69 Å². The minimum atomic E-state index is -0.573. The molecule has 0 atom stereocenters. The van der Waals surface area contributed by atoms with Crippen molar-refractivity contribution in [2.75, 3.05) is 39.3 Å². The molecule has 1 aromatic carbocycles. The van der Waals surface area contributed by atoms with Gasteiger partial charge in [0.15, 0.2) is 0 Å². The molecule has 20 heavy (non-hydrogen) atoms. The number of nitrogens with one attached hydrogen (secondary N) is 2. The van der Waals surface area contributed by atoms with Crippen LogP contribution in [-0.2, 0) is 0 Å². The van der Waals surface area contributed by atoms with Gasteiger partial charge in [-0.1, -0.05) is 17.7 Å². The third-order valence-electron chi connectivity index (χ3n) is 3.12. The summed E-state index contributed by atoms with van der Waals surface area (Å²) in [6.07, 6.45) is 0. The van der Waals surface area contributed by atoms with Crippen LogP contribution in [0.15, 0.2) is 18.2 Å². The van der Waals surface area contributed by atoms with E-state index in [2.05, 4.69) is 15.5 Å². The molecule has 0 spiro atoms. The fourth-order valence-corrected chi connectivity index (χ4v) is 2.25. The van der Waals surface area contributed by atoms with Gasteiger partial charge in [0.25, 0.3) is 5.91 Å². The third kappa shape index (κ3) is 4.59. The third-order valence-corrected chi connectivity index (χ3v) is 3.50. The zero-order valence-corrected chi connectivity index (χ0v) is 12.6. The number of hydrogen-bond donors (Lipinski definition) is 2. The van der Waals surface area contributed by atoms with E-state index in [9.17, 15) is 9.18 Å². The SMILES string of the molecule is Cl.O=C(NCCN1CCNCC1)c1cccc(F)c1Cl. The van der Waals surface area contributed by atoms with E-state index in [4.69, 9.17) is 11.6 Å². The van der Waals surface area contributed by atoms with Gasteiger partial charge in [-0.15, -0.1) is 12.4 Å². The van der Waals surface area contributed by atoms with E-state index >= 15 is 0 Å². The Kier molecular flexibility index (Phi) is 7.23. The van der Waals surface area contributed by atoms with Crippen molar-refractivity contribution < 1.29 is 9.18 Å². The molecule has 0 saturated carbocycles. The zero-order valence-electron chi connectivity index (χ0n) is 11.0. The Balaban J connectivity index is 0.00000200. The number of halogens is 3. The molecule has 4 nitrogen and oxygen atoms in total. The van der Waals surface area contributed by atoms with Gasteiger partial charge in [0.1, 0.15) is 5.82 Å². The summed E-state index contributed by atoms with van der Waals surface area (Å²) in [5.41, 5.74) is 0.182. The van der Waals surface area contributed by atoms with E-state index in [0.29, 0.717) is 6.54 Å². The van der Waals surface area contributed by atoms with Gasteiger partial charge in [0, 0.05) is 39.3 Å². The maximum atomic E-state index is 13.2. The lowest BCUT2D eigenvalue weighted by Crippen LogP contribution is -2.46. The molecule has 1 aromatic rings. The van der Waals surface area contributed by atoms with Crippen LogP contribution >= 0.6 is 24.0 Å². The molecule has 1 heterocycles. The average molecular weight is 322 g/mol. The lowest BCUT2D eigenvalue weighted by atomic mass is 10.2. The Morgan fingerprint density at radius 2 is 2.10 bits per heavy atom. The first-order valence-electron chi connectivity index (χ1n) is 6.34. The van der Waals surface area contributed by atoms with Crippen LogP contribution in [0.2, 0.25) is 5.02 Å². The Morgan fingerprint density at radius 1 is 1.40 bits per heavy atom. The second kappa shape index (κ2) is 8.42. The molecule has 1 saturated heterocycles. The van der Waals surface area contributed by atoms with Crippen molar-refractivity contribution in [1.82, 2.24) is 15.5 Å². The van der Waals surface area contributed by atoms with Gasteiger partial charge in [-0.25, -0.2) is 4.39 Å². The van der Waals surface area contributed by atoms with Crippen molar-refractivity contribution in [3.63, 3.8) is 0 Å². The minimum Gasteiger partial charge on any atom is -0.351 e. The summed E-state index contributed by atoms with van der Waals surface area (Å²) in [4.78, 5) is 14.1. The van der Waals surface area contributed by atoms with Crippen LogP contribution in [0.25, 0.3) is 0 Å². The summed E-state index contributed by atoms with van der Waals surface area (Å²) < 4.78 is 13.2. The lowest BCUT2D eigenvalue weighted by molar-refractivity contribution is 0.0947. The molecule has 2 rings (SSSR count). The monoisotopic (exact) mass is 321 g/mol. The van der Waals surface area contributed by atoms with Crippen molar-refractivity contribution in [1.29, 1.82) is 0 Å². The maximum Gasteiger partial charge on any atom is 0.252 e. The van der Waals surface area contributed by atoms with Crippen LogP contribution in [0.4, 0.5) is 4.39 Å². The fraction of sp³-hybridized carbons (Fsp3) is 0.462. The number of piperazine rings is 1. The van der Waals surface area contributed by atoms with Crippen LogP contribution in [-0.4, -0.2) is 50.1 Å². The van der Waals surface area contributed by atoms with E-state index in [1.165, 1.54) is 18.2 Å². The summed E-state index contributed by atoms with van der Waals surface area (Å²) in [6.45, 7) is 5.24. The summed E-state index contributed by atoms with van der Waals surface area (Å²) in [6, 6.07) is 4.23. The van der Waals surface area contributed by atoms with Crippen LogP contribution in [0.3, 0.4) is 0 Å². The Labute approximate surface area is 129 Å². The molecule has 1 fully saturated rings. The average Bonchev–Trinajstić information content (AvgIpc) is 2.43.